The summed E-state index contributed by atoms with van der Waals surface area (Å²) in [6, 6.07) is 18.6. The minimum Gasteiger partial charge on any atom is -0.497 e. The highest BCUT2D eigenvalue weighted by Crippen LogP contribution is 2.17. The maximum atomic E-state index is 12.4. The van der Waals surface area contributed by atoms with Crippen molar-refractivity contribution in [1.82, 2.24) is 4.98 Å². The Morgan fingerprint density at radius 2 is 1.79 bits per heavy atom. The number of nitrogens with zero attached hydrogens (tertiary/aromatic N) is 1. The van der Waals surface area contributed by atoms with Crippen LogP contribution in [0.2, 0.25) is 0 Å². The van der Waals surface area contributed by atoms with E-state index < -0.39 is 0 Å². The molecule has 0 saturated carbocycles. The lowest BCUT2D eigenvalue weighted by atomic mass is 10.2. The number of amides is 1. The van der Waals surface area contributed by atoms with Crippen LogP contribution in [0.5, 0.6) is 11.5 Å². The van der Waals surface area contributed by atoms with Gasteiger partial charge >= 0.3 is 0 Å². The predicted octanol–water partition coefficient (Wildman–Crippen LogP) is 4.14. The molecule has 144 valence electrons. The van der Waals surface area contributed by atoms with E-state index in [2.05, 4.69) is 15.6 Å². The van der Waals surface area contributed by atoms with Crippen molar-refractivity contribution < 1.29 is 14.3 Å². The summed E-state index contributed by atoms with van der Waals surface area (Å²) in [7, 11) is 1.63. The van der Waals surface area contributed by atoms with Gasteiger partial charge in [-0.3, -0.25) is 9.78 Å². The van der Waals surface area contributed by atoms with E-state index in [1.54, 1.807) is 19.4 Å². The van der Waals surface area contributed by atoms with Crippen LogP contribution >= 0.6 is 0 Å². The molecule has 0 fully saturated rings. The van der Waals surface area contributed by atoms with Crippen molar-refractivity contribution in [2.75, 3.05) is 30.9 Å². The molecular formula is C22H23N3O3. The number of ether oxygens (including phenoxy) is 2. The van der Waals surface area contributed by atoms with Crippen LogP contribution in [0.4, 0.5) is 11.4 Å². The van der Waals surface area contributed by atoms with Crippen molar-refractivity contribution in [3.8, 4) is 11.5 Å². The quantitative estimate of drug-likeness (QED) is 0.577. The van der Waals surface area contributed by atoms with E-state index in [4.69, 9.17) is 9.47 Å². The molecule has 28 heavy (non-hydrogen) atoms. The number of benzene rings is 2. The molecule has 0 unspecified atom stereocenters. The molecule has 1 aromatic heterocycles. The van der Waals surface area contributed by atoms with E-state index in [-0.39, 0.29) is 5.91 Å². The number of anilines is 2. The van der Waals surface area contributed by atoms with Gasteiger partial charge in [0.2, 0.25) is 0 Å². The molecular weight excluding hydrogens is 354 g/mol. The predicted molar refractivity (Wildman–Crippen MR) is 110 cm³/mol. The third-order valence-corrected chi connectivity index (χ3v) is 4.03. The van der Waals surface area contributed by atoms with Crippen molar-refractivity contribution in [2.24, 2.45) is 0 Å². The molecule has 2 aromatic carbocycles. The minimum absolute atomic E-state index is 0.247. The Hall–Kier alpha value is -3.54. The monoisotopic (exact) mass is 377 g/mol. The van der Waals surface area contributed by atoms with Gasteiger partial charge < -0.3 is 20.1 Å². The van der Waals surface area contributed by atoms with Gasteiger partial charge in [0.25, 0.3) is 5.91 Å². The summed E-state index contributed by atoms with van der Waals surface area (Å²) in [5, 5.41) is 6.10. The first-order chi connectivity index (χ1) is 13.6. The minimum atomic E-state index is -0.247. The number of aryl methyl sites for hydroxylation is 1. The van der Waals surface area contributed by atoms with E-state index in [9.17, 15) is 4.79 Å². The normalized spacial score (nSPS) is 10.2. The molecule has 0 bridgehead atoms. The summed E-state index contributed by atoms with van der Waals surface area (Å²) in [6.07, 6.45) is 1.61. The SMILES string of the molecule is COc1ccc(OCCNc2ccnc(C(=O)Nc3cccc(C)c3)c2)cc1. The van der Waals surface area contributed by atoms with Gasteiger partial charge in [-0.25, -0.2) is 0 Å². The standard InChI is InChI=1S/C22H23N3O3/c1-16-4-3-5-18(14-16)25-22(26)21-15-17(10-11-24-21)23-12-13-28-20-8-6-19(27-2)7-9-20/h3-11,14-15H,12-13H2,1-2H3,(H,23,24)(H,25,26). The highest BCUT2D eigenvalue weighted by Gasteiger charge is 2.08. The molecule has 3 rings (SSSR count). The maximum absolute atomic E-state index is 12.4. The van der Waals surface area contributed by atoms with E-state index in [1.807, 2.05) is 61.5 Å². The second-order valence-corrected chi connectivity index (χ2v) is 6.20. The average molecular weight is 377 g/mol. The summed E-state index contributed by atoms with van der Waals surface area (Å²) in [5.41, 5.74) is 2.99. The molecule has 0 aliphatic carbocycles. The van der Waals surface area contributed by atoms with Gasteiger partial charge in [0.05, 0.1) is 7.11 Å². The smallest absolute Gasteiger partial charge is 0.274 e. The highest BCUT2D eigenvalue weighted by atomic mass is 16.5. The van der Waals surface area contributed by atoms with E-state index >= 15 is 0 Å². The number of rotatable bonds is 8. The van der Waals surface area contributed by atoms with Crippen molar-refractivity contribution in [3.05, 3.63) is 78.1 Å². The fourth-order valence-electron chi connectivity index (χ4n) is 2.62. The zero-order valence-corrected chi connectivity index (χ0v) is 15.9. The van der Waals surface area contributed by atoms with E-state index in [1.165, 1.54) is 0 Å². The molecule has 6 heteroatoms. The second-order valence-electron chi connectivity index (χ2n) is 6.20. The summed E-state index contributed by atoms with van der Waals surface area (Å²) >= 11 is 0. The number of carbonyl (C=O) groups excluding carboxylic acids is 1. The Morgan fingerprint density at radius 3 is 2.54 bits per heavy atom. The lowest BCUT2D eigenvalue weighted by molar-refractivity contribution is 0.102. The van der Waals surface area contributed by atoms with Crippen LogP contribution < -0.4 is 20.1 Å². The van der Waals surface area contributed by atoms with Crippen LogP contribution in [0.1, 0.15) is 16.1 Å². The van der Waals surface area contributed by atoms with Crippen LogP contribution in [-0.2, 0) is 0 Å². The van der Waals surface area contributed by atoms with Crippen LogP contribution in [0.3, 0.4) is 0 Å². The Kier molecular flexibility index (Phi) is 6.46. The van der Waals surface area contributed by atoms with Crippen LogP contribution in [0.15, 0.2) is 66.9 Å². The van der Waals surface area contributed by atoms with Gasteiger partial charge in [-0.1, -0.05) is 12.1 Å². The Bertz CT molecular complexity index is 926. The van der Waals surface area contributed by atoms with E-state index in [0.29, 0.717) is 18.8 Å². The Balaban J connectivity index is 1.50. The van der Waals surface area contributed by atoms with Gasteiger partial charge in [-0.15, -0.1) is 0 Å². The van der Waals surface area contributed by atoms with Crippen molar-refractivity contribution in [3.63, 3.8) is 0 Å². The summed E-state index contributed by atoms with van der Waals surface area (Å²) in [4.78, 5) is 16.6. The van der Waals surface area contributed by atoms with Crippen molar-refractivity contribution in [2.45, 2.75) is 6.92 Å². The summed E-state index contributed by atoms with van der Waals surface area (Å²) in [6.45, 7) is 3.06. The molecule has 0 aliphatic rings. The largest absolute Gasteiger partial charge is 0.497 e. The lowest BCUT2D eigenvalue weighted by Gasteiger charge is -2.10. The molecule has 0 spiro atoms. The fraction of sp³-hybridized carbons (Fsp3) is 0.182. The first kappa shape index (κ1) is 19.2. The third-order valence-electron chi connectivity index (χ3n) is 4.03. The highest BCUT2D eigenvalue weighted by molar-refractivity contribution is 6.03. The van der Waals surface area contributed by atoms with Gasteiger partial charge in [0, 0.05) is 24.1 Å². The molecule has 0 atom stereocenters. The Morgan fingerprint density at radius 1 is 1.00 bits per heavy atom. The summed E-state index contributed by atoms with van der Waals surface area (Å²) < 4.78 is 10.8. The van der Waals surface area contributed by atoms with Crippen LogP contribution in [0, 0.1) is 6.92 Å². The molecule has 3 aromatic rings. The first-order valence-electron chi connectivity index (χ1n) is 8.99. The van der Waals surface area contributed by atoms with Gasteiger partial charge in [0.15, 0.2) is 0 Å². The third kappa shape index (κ3) is 5.48. The first-order valence-corrected chi connectivity index (χ1v) is 8.99. The molecule has 6 nitrogen and oxygen atoms in total. The Labute approximate surface area is 164 Å². The zero-order chi connectivity index (χ0) is 19.8. The van der Waals surface area contributed by atoms with Gasteiger partial charge in [-0.05, 0) is 61.0 Å². The topological polar surface area (TPSA) is 72.5 Å². The number of hydrogen-bond acceptors (Lipinski definition) is 5. The molecule has 1 amide bonds. The lowest BCUT2D eigenvalue weighted by Crippen LogP contribution is -2.15. The number of hydrogen-bond donors (Lipinski definition) is 2. The second kappa shape index (κ2) is 9.41. The van der Waals surface area contributed by atoms with E-state index in [0.717, 1.165) is 28.4 Å². The van der Waals surface area contributed by atoms with Gasteiger partial charge in [0.1, 0.15) is 23.8 Å². The molecule has 1 heterocycles. The zero-order valence-electron chi connectivity index (χ0n) is 15.9. The number of nitrogens with one attached hydrogen (secondary N) is 2. The number of aromatic nitrogens is 1. The maximum Gasteiger partial charge on any atom is 0.274 e. The molecule has 0 saturated heterocycles. The number of pyridine rings is 1. The summed E-state index contributed by atoms with van der Waals surface area (Å²) in [5.74, 6) is 1.32. The number of carbonyl (C=O) groups is 1. The van der Waals surface area contributed by atoms with Crippen molar-refractivity contribution >= 4 is 17.3 Å². The van der Waals surface area contributed by atoms with Crippen LogP contribution in [0.25, 0.3) is 0 Å². The van der Waals surface area contributed by atoms with Crippen molar-refractivity contribution in [1.29, 1.82) is 0 Å². The van der Waals surface area contributed by atoms with Crippen LogP contribution in [-0.4, -0.2) is 31.2 Å². The average Bonchev–Trinajstić information content (AvgIpc) is 2.72. The molecule has 2 N–H and O–H groups in total. The molecule has 0 aliphatic heterocycles. The molecule has 0 radical (unpaired) electrons. The fourth-order valence-corrected chi connectivity index (χ4v) is 2.62. The van der Waals surface area contributed by atoms with Gasteiger partial charge in [-0.2, -0.15) is 0 Å². The number of methoxy groups -OCH3 is 1.